The number of nitrogens with one attached hydrogen (secondary N) is 2. The number of anilines is 3. The van der Waals surface area contributed by atoms with Crippen LogP contribution in [0.3, 0.4) is 0 Å². The van der Waals surface area contributed by atoms with Gasteiger partial charge in [-0.25, -0.2) is 0 Å². The first-order chi connectivity index (χ1) is 15.9. The van der Waals surface area contributed by atoms with Crippen molar-refractivity contribution in [1.82, 2.24) is 10.2 Å². The van der Waals surface area contributed by atoms with Crippen molar-refractivity contribution in [3.05, 3.63) is 94.5 Å². The Labute approximate surface area is 202 Å². The molecule has 0 aliphatic carbocycles. The van der Waals surface area contributed by atoms with E-state index in [-0.39, 0.29) is 5.91 Å². The lowest BCUT2D eigenvalue weighted by atomic mass is 10.1. The summed E-state index contributed by atoms with van der Waals surface area (Å²) in [4.78, 5) is 13.4. The van der Waals surface area contributed by atoms with Crippen molar-refractivity contribution in [1.29, 1.82) is 0 Å². The molecule has 1 aromatic heterocycles. The van der Waals surface area contributed by atoms with Gasteiger partial charge in [0.1, 0.15) is 5.25 Å². The molecular weight excluding hydrogens is 448 g/mol. The van der Waals surface area contributed by atoms with E-state index in [9.17, 15) is 4.79 Å². The topological polar surface area (TPSA) is 66.9 Å². The van der Waals surface area contributed by atoms with Gasteiger partial charge in [-0.2, -0.15) is 0 Å². The highest BCUT2D eigenvalue weighted by atomic mass is 32.2. The number of rotatable bonds is 7. The first-order valence-corrected chi connectivity index (χ1v) is 12.4. The van der Waals surface area contributed by atoms with Crippen molar-refractivity contribution in [2.45, 2.75) is 37.3 Å². The fourth-order valence-electron chi connectivity index (χ4n) is 3.50. The Morgan fingerprint density at radius 3 is 2.33 bits per heavy atom. The standard InChI is InChI=1S/C26H26N4OS2/c1-16-13-14-17(2)21(15-16)27-24(31)23(20-11-6-5-7-12-20)32-26-30-29-25(33-26)28-22-18(3)9-8-10-19(22)4/h5-15,23H,1-4H3,(H,27,31)(H,28,29). The monoisotopic (exact) mass is 474 g/mol. The average Bonchev–Trinajstić information content (AvgIpc) is 3.25. The number of aryl methyl sites for hydroxylation is 4. The summed E-state index contributed by atoms with van der Waals surface area (Å²) in [7, 11) is 0. The number of benzene rings is 3. The van der Waals surface area contributed by atoms with Gasteiger partial charge in [0.15, 0.2) is 4.34 Å². The summed E-state index contributed by atoms with van der Waals surface area (Å²) in [6.07, 6.45) is 0. The number of thioether (sulfide) groups is 1. The summed E-state index contributed by atoms with van der Waals surface area (Å²) in [5.41, 5.74) is 7.22. The largest absolute Gasteiger partial charge is 0.330 e. The molecule has 0 fully saturated rings. The summed E-state index contributed by atoms with van der Waals surface area (Å²) in [6.45, 7) is 8.14. The van der Waals surface area contributed by atoms with Crippen LogP contribution in [0.2, 0.25) is 0 Å². The number of para-hydroxylation sites is 1. The van der Waals surface area contributed by atoms with E-state index < -0.39 is 5.25 Å². The first-order valence-electron chi connectivity index (χ1n) is 10.7. The minimum absolute atomic E-state index is 0.0839. The van der Waals surface area contributed by atoms with Gasteiger partial charge < -0.3 is 10.6 Å². The van der Waals surface area contributed by atoms with Crippen molar-refractivity contribution < 1.29 is 4.79 Å². The molecule has 4 aromatic rings. The van der Waals surface area contributed by atoms with E-state index in [1.807, 2.05) is 68.4 Å². The van der Waals surface area contributed by atoms with E-state index in [0.29, 0.717) is 5.13 Å². The lowest BCUT2D eigenvalue weighted by Crippen LogP contribution is -2.19. The molecule has 0 saturated carbocycles. The van der Waals surface area contributed by atoms with E-state index >= 15 is 0 Å². The molecule has 0 saturated heterocycles. The van der Waals surface area contributed by atoms with Gasteiger partial charge in [-0.3, -0.25) is 4.79 Å². The number of carbonyl (C=O) groups excluding carboxylic acids is 1. The van der Waals surface area contributed by atoms with Crippen LogP contribution in [0, 0.1) is 27.7 Å². The quantitative estimate of drug-likeness (QED) is 0.283. The van der Waals surface area contributed by atoms with Crippen molar-refractivity contribution in [2.24, 2.45) is 0 Å². The van der Waals surface area contributed by atoms with Gasteiger partial charge in [0.2, 0.25) is 11.0 Å². The van der Waals surface area contributed by atoms with Crippen LogP contribution >= 0.6 is 23.1 Å². The van der Waals surface area contributed by atoms with Gasteiger partial charge in [-0.1, -0.05) is 83.8 Å². The second-order valence-corrected chi connectivity index (χ2v) is 10.3. The Bertz CT molecular complexity index is 1250. The van der Waals surface area contributed by atoms with Crippen molar-refractivity contribution in [3.63, 3.8) is 0 Å². The maximum absolute atomic E-state index is 13.4. The molecule has 0 aliphatic rings. The Morgan fingerprint density at radius 2 is 1.61 bits per heavy atom. The molecule has 1 heterocycles. The number of nitrogens with zero attached hydrogens (tertiary/aromatic N) is 2. The molecule has 0 radical (unpaired) electrons. The Kier molecular flexibility index (Phi) is 7.11. The molecule has 0 bridgehead atoms. The molecule has 0 spiro atoms. The predicted octanol–water partition coefficient (Wildman–Crippen LogP) is 6.99. The van der Waals surface area contributed by atoms with E-state index in [4.69, 9.17) is 0 Å². The van der Waals surface area contributed by atoms with Crippen LogP contribution in [0.4, 0.5) is 16.5 Å². The SMILES string of the molecule is Cc1ccc(C)c(NC(=O)C(Sc2nnc(Nc3c(C)cccc3C)s2)c2ccccc2)c1. The summed E-state index contributed by atoms with van der Waals surface area (Å²) >= 11 is 2.86. The van der Waals surface area contributed by atoms with E-state index in [2.05, 4.69) is 46.8 Å². The highest BCUT2D eigenvalue weighted by Gasteiger charge is 2.24. The van der Waals surface area contributed by atoms with Crippen LogP contribution in [-0.4, -0.2) is 16.1 Å². The average molecular weight is 475 g/mol. The highest BCUT2D eigenvalue weighted by molar-refractivity contribution is 8.02. The Balaban J connectivity index is 1.57. The Morgan fingerprint density at radius 1 is 0.879 bits per heavy atom. The molecular formula is C26H26N4OS2. The van der Waals surface area contributed by atoms with Gasteiger partial charge in [0.25, 0.3) is 0 Å². The van der Waals surface area contributed by atoms with Crippen molar-refractivity contribution in [3.8, 4) is 0 Å². The lowest BCUT2D eigenvalue weighted by Gasteiger charge is -2.17. The first kappa shape index (κ1) is 23.0. The fraction of sp³-hybridized carbons (Fsp3) is 0.192. The van der Waals surface area contributed by atoms with Crippen LogP contribution in [-0.2, 0) is 4.79 Å². The zero-order valence-electron chi connectivity index (χ0n) is 19.0. The predicted molar refractivity (Wildman–Crippen MR) is 139 cm³/mol. The van der Waals surface area contributed by atoms with E-state index in [1.165, 1.54) is 23.1 Å². The molecule has 5 nitrogen and oxygen atoms in total. The van der Waals surface area contributed by atoms with Crippen LogP contribution in [0.25, 0.3) is 0 Å². The number of hydrogen-bond acceptors (Lipinski definition) is 6. The molecule has 0 aliphatic heterocycles. The van der Waals surface area contributed by atoms with Gasteiger partial charge in [0, 0.05) is 11.4 Å². The van der Waals surface area contributed by atoms with Crippen LogP contribution in [0.5, 0.6) is 0 Å². The summed E-state index contributed by atoms with van der Waals surface area (Å²) in [6, 6.07) is 22.0. The third-order valence-corrected chi connectivity index (χ3v) is 7.51. The zero-order chi connectivity index (χ0) is 23.4. The molecule has 1 amide bonds. The maximum atomic E-state index is 13.4. The molecule has 168 valence electrons. The summed E-state index contributed by atoms with van der Waals surface area (Å²) in [5, 5.41) is 15.4. The number of hydrogen-bond donors (Lipinski definition) is 2. The third-order valence-electron chi connectivity index (χ3n) is 5.33. The molecule has 1 unspecified atom stereocenters. The fourth-order valence-corrected chi connectivity index (χ4v) is 5.45. The van der Waals surface area contributed by atoms with Gasteiger partial charge in [-0.15, -0.1) is 10.2 Å². The van der Waals surface area contributed by atoms with Crippen LogP contribution in [0.15, 0.2) is 71.1 Å². The minimum Gasteiger partial charge on any atom is -0.330 e. The van der Waals surface area contributed by atoms with Crippen molar-refractivity contribution >= 4 is 45.5 Å². The molecule has 7 heteroatoms. The van der Waals surface area contributed by atoms with Crippen LogP contribution < -0.4 is 10.6 Å². The number of amides is 1. The van der Waals surface area contributed by atoms with Gasteiger partial charge in [0.05, 0.1) is 0 Å². The van der Waals surface area contributed by atoms with E-state index in [1.54, 1.807) is 0 Å². The highest BCUT2D eigenvalue weighted by Crippen LogP contribution is 2.39. The molecule has 3 aromatic carbocycles. The molecule has 2 N–H and O–H groups in total. The molecule has 1 atom stereocenters. The Hall–Kier alpha value is -3.16. The molecule has 4 rings (SSSR count). The zero-order valence-corrected chi connectivity index (χ0v) is 20.7. The maximum Gasteiger partial charge on any atom is 0.242 e. The smallest absolute Gasteiger partial charge is 0.242 e. The number of carbonyl (C=O) groups is 1. The normalized spacial score (nSPS) is 11.8. The summed E-state index contributed by atoms with van der Waals surface area (Å²) < 4.78 is 0.730. The summed E-state index contributed by atoms with van der Waals surface area (Å²) in [5.74, 6) is -0.0839. The minimum atomic E-state index is -0.452. The van der Waals surface area contributed by atoms with Gasteiger partial charge >= 0.3 is 0 Å². The second kappa shape index (κ2) is 10.2. The number of aromatic nitrogens is 2. The van der Waals surface area contributed by atoms with Crippen LogP contribution in [0.1, 0.15) is 33.1 Å². The van der Waals surface area contributed by atoms with E-state index in [0.717, 1.165) is 43.5 Å². The molecule has 33 heavy (non-hydrogen) atoms. The van der Waals surface area contributed by atoms with Crippen molar-refractivity contribution in [2.75, 3.05) is 10.6 Å². The second-order valence-electron chi connectivity index (χ2n) is 7.98. The lowest BCUT2D eigenvalue weighted by molar-refractivity contribution is -0.115. The third kappa shape index (κ3) is 5.61. The van der Waals surface area contributed by atoms with Gasteiger partial charge in [-0.05, 0) is 61.6 Å².